The average molecular weight is 234 g/mol. The van der Waals surface area contributed by atoms with Crippen molar-refractivity contribution >= 4 is 5.69 Å². The predicted molar refractivity (Wildman–Crippen MR) is 70.9 cm³/mol. The van der Waals surface area contributed by atoms with E-state index in [9.17, 15) is 0 Å². The number of likely N-dealkylation sites (tertiary alicyclic amines) is 1. The zero-order chi connectivity index (χ0) is 11.9. The molecule has 2 rings (SSSR count). The van der Waals surface area contributed by atoms with Crippen LogP contribution in [0.2, 0.25) is 0 Å². The van der Waals surface area contributed by atoms with Gasteiger partial charge < -0.3 is 16.0 Å². The number of rotatable bonds is 5. The standard InChI is InChI=1S/C13H22N4/c14-5-9-17-7-3-12(4-8-17)10-16-13-2-1-6-15-11-13/h1-2,6,11-12,16H,3-5,7-10,14H2. The van der Waals surface area contributed by atoms with Crippen LogP contribution in [0.5, 0.6) is 0 Å². The van der Waals surface area contributed by atoms with Gasteiger partial charge in [-0.3, -0.25) is 4.98 Å². The van der Waals surface area contributed by atoms with Gasteiger partial charge in [0.1, 0.15) is 0 Å². The third-order valence-electron chi connectivity index (χ3n) is 3.41. The molecule has 1 aromatic heterocycles. The Balaban J connectivity index is 1.68. The maximum absolute atomic E-state index is 5.57. The number of nitrogens with two attached hydrogens (primary N) is 1. The summed E-state index contributed by atoms with van der Waals surface area (Å²) in [5.41, 5.74) is 6.69. The van der Waals surface area contributed by atoms with Gasteiger partial charge in [0.05, 0.1) is 5.69 Å². The lowest BCUT2D eigenvalue weighted by molar-refractivity contribution is 0.194. The first-order valence-corrected chi connectivity index (χ1v) is 6.45. The average Bonchev–Trinajstić information content (AvgIpc) is 2.40. The Morgan fingerprint density at radius 3 is 2.88 bits per heavy atom. The van der Waals surface area contributed by atoms with Crippen LogP contribution in [-0.2, 0) is 0 Å². The molecule has 0 atom stereocenters. The fourth-order valence-corrected chi connectivity index (χ4v) is 2.33. The van der Waals surface area contributed by atoms with Gasteiger partial charge in [-0.25, -0.2) is 0 Å². The minimum atomic E-state index is 0.776. The highest BCUT2D eigenvalue weighted by Gasteiger charge is 2.18. The topological polar surface area (TPSA) is 54.2 Å². The summed E-state index contributed by atoms with van der Waals surface area (Å²) in [5, 5.41) is 3.46. The Labute approximate surface area is 103 Å². The second-order valence-electron chi connectivity index (χ2n) is 4.70. The SMILES string of the molecule is NCCN1CCC(CNc2cccnc2)CC1. The van der Waals surface area contributed by atoms with Crippen molar-refractivity contribution in [3.63, 3.8) is 0 Å². The lowest BCUT2D eigenvalue weighted by Crippen LogP contribution is -2.38. The van der Waals surface area contributed by atoms with E-state index in [0.717, 1.165) is 31.2 Å². The van der Waals surface area contributed by atoms with Crippen molar-refractivity contribution in [1.82, 2.24) is 9.88 Å². The van der Waals surface area contributed by atoms with E-state index in [1.54, 1.807) is 6.20 Å². The summed E-state index contributed by atoms with van der Waals surface area (Å²) in [6.45, 7) is 5.26. The van der Waals surface area contributed by atoms with Crippen molar-refractivity contribution in [2.24, 2.45) is 11.7 Å². The van der Waals surface area contributed by atoms with Gasteiger partial charge in [0.2, 0.25) is 0 Å². The molecule has 0 bridgehead atoms. The quantitative estimate of drug-likeness (QED) is 0.803. The molecule has 0 spiro atoms. The number of anilines is 1. The van der Waals surface area contributed by atoms with Crippen LogP contribution in [0.1, 0.15) is 12.8 Å². The molecule has 2 heterocycles. The molecule has 17 heavy (non-hydrogen) atoms. The maximum Gasteiger partial charge on any atom is 0.0526 e. The zero-order valence-electron chi connectivity index (χ0n) is 10.3. The first-order chi connectivity index (χ1) is 8.38. The molecule has 4 heteroatoms. The van der Waals surface area contributed by atoms with Crippen LogP contribution in [0.4, 0.5) is 5.69 Å². The molecule has 1 saturated heterocycles. The van der Waals surface area contributed by atoms with Crippen LogP contribution in [0, 0.1) is 5.92 Å². The Morgan fingerprint density at radius 1 is 1.41 bits per heavy atom. The summed E-state index contributed by atoms with van der Waals surface area (Å²) in [5.74, 6) is 0.782. The molecule has 1 aliphatic heterocycles. The number of piperidine rings is 1. The fraction of sp³-hybridized carbons (Fsp3) is 0.615. The smallest absolute Gasteiger partial charge is 0.0526 e. The van der Waals surface area contributed by atoms with Gasteiger partial charge in [0, 0.05) is 32.0 Å². The van der Waals surface area contributed by atoms with Gasteiger partial charge in [-0.1, -0.05) is 0 Å². The molecule has 94 valence electrons. The minimum absolute atomic E-state index is 0.776. The van der Waals surface area contributed by atoms with Crippen LogP contribution in [-0.4, -0.2) is 42.6 Å². The molecule has 1 fully saturated rings. The predicted octanol–water partition coefficient (Wildman–Crippen LogP) is 1.16. The minimum Gasteiger partial charge on any atom is -0.384 e. The van der Waals surface area contributed by atoms with Gasteiger partial charge >= 0.3 is 0 Å². The van der Waals surface area contributed by atoms with E-state index >= 15 is 0 Å². The molecule has 1 aromatic rings. The number of pyridine rings is 1. The number of hydrogen-bond acceptors (Lipinski definition) is 4. The Hall–Kier alpha value is -1.13. The van der Waals surface area contributed by atoms with Crippen molar-refractivity contribution in [2.45, 2.75) is 12.8 Å². The number of nitrogens with one attached hydrogen (secondary N) is 1. The number of nitrogens with zero attached hydrogens (tertiary/aromatic N) is 2. The zero-order valence-corrected chi connectivity index (χ0v) is 10.3. The van der Waals surface area contributed by atoms with Crippen molar-refractivity contribution in [3.05, 3.63) is 24.5 Å². The lowest BCUT2D eigenvalue weighted by Gasteiger charge is -2.31. The Morgan fingerprint density at radius 2 is 2.24 bits per heavy atom. The monoisotopic (exact) mass is 234 g/mol. The first kappa shape index (κ1) is 12.3. The van der Waals surface area contributed by atoms with Crippen LogP contribution in [0.15, 0.2) is 24.5 Å². The van der Waals surface area contributed by atoms with Crippen LogP contribution >= 0.6 is 0 Å². The Kier molecular flexibility index (Phi) is 4.76. The third kappa shape index (κ3) is 3.98. The van der Waals surface area contributed by atoms with Crippen molar-refractivity contribution in [1.29, 1.82) is 0 Å². The molecule has 0 unspecified atom stereocenters. The van der Waals surface area contributed by atoms with E-state index < -0.39 is 0 Å². The van der Waals surface area contributed by atoms with Gasteiger partial charge in [-0.15, -0.1) is 0 Å². The molecule has 0 aliphatic carbocycles. The highest BCUT2D eigenvalue weighted by Crippen LogP contribution is 2.17. The summed E-state index contributed by atoms with van der Waals surface area (Å²) in [4.78, 5) is 6.56. The van der Waals surface area contributed by atoms with Gasteiger partial charge in [0.25, 0.3) is 0 Å². The second kappa shape index (κ2) is 6.57. The van der Waals surface area contributed by atoms with E-state index in [4.69, 9.17) is 5.73 Å². The molecule has 0 radical (unpaired) electrons. The summed E-state index contributed by atoms with van der Waals surface area (Å²) in [7, 11) is 0. The molecule has 0 aromatic carbocycles. The van der Waals surface area contributed by atoms with E-state index in [1.807, 2.05) is 12.3 Å². The molecule has 4 nitrogen and oxygen atoms in total. The fourth-order valence-electron chi connectivity index (χ4n) is 2.33. The molecule has 0 amide bonds. The molecule has 1 aliphatic rings. The van der Waals surface area contributed by atoms with E-state index in [2.05, 4.69) is 21.3 Å². The number of hydrogen-bond donors (Lipinski definition) is 2. The molecule has 0 saturated carbocycles. The molecular weight excluding hydrogens is 212 g/mol. The van der Waals surface area contributed by atoms with Crippen LogP contribution in [0.25, 0.3) is 0 Å². The lowest BCUT2D eigenvalue weighted by atomic mass is 9.97. The van der Waals surface area contributed by atoms with Crippen molar-refractivity contribution < 1.29 is 0 Å². The number of aromatic nitrogens is 1. The third-order valence-corrected chi connectivity index (χ3v) is 3.41. The van der Waals surface area contributed by atoms with E-state index in [0.29, 0.717) is 0 Å². The summed E-state index contributed by atoms with van der Waals surface area (Å²) in [6.07, 6.45) is 6.22. The second-order valence-corrected chi connectivity index (χ2v) is 4.70. The van der Waals surface area contributed by atoms with Gasteiger partial charge in [-0.05, 0) is 44.0 Å². The molecular formula is C13H22N4. The van der Waals surface area contributed by atoms with Crippen LogP contribution in [0.3, 0.4) is 0 Å². The summed E-state index contributed by atoms with van der Waals surface area (Å²) in [6, 6.07) is 4.03. The van der Waals surface area contributed by atoms with Crippen molar-refractivity contribution in [3.8, 4) is 0 Å². The molecule has 3 N–H and O–H groups in total. The normalized spacial score (nSPS) is 18.2. The van der Waals surface area contributed by atoms with Gasteiger partial charge in [0.15, 0.2) is 0 Å². The Bertz CT molecular complexity index is 306. The highest BCUT2D eigenvalue weighted by atomic mass is 15.1. The largest absolute Gasteiger partial charge is 0.384 e. The summed E-state index contributed by atoms with van der Waals surface area (Å²) < 4.78 is 0. The van der Waals surface area contributed by atoms with Crippen LogP contribution < -0.4 is 11.1 Å². The summed E-state index contributed by atoms with van der Waals surface area (Å²) >= 11 is 0. The van der Waals surface area contributed by atoms with E-state index in [1.165, 1.54) is 25.9 Å². The first-order valence-electron chi connectivity index (χ1n) is 6.45. The maximum atomic E-state index is 5.57. The highest BCUT2D eigenvalue weighted by molar-refractivity contribution is 5.39. The van der Waals surface area contributed by atoms with E-state index in [-0.39, 0.29) is 0 Å². The van der Waals surface area contributed by atoms with Crippen molar-refractivity contribution in [2.75, 3.05) is 38.0 Å². The van der Waals surface area contributed by atoms with Gasteiger partial charge in [-0.2, -0.15) is 0 Å².